The number of carbonyl (C=O) groups is 1. The van der Waals surface area contributed by atoms with Crippen molar-refractivity contribution in [3.05, 3.63) is 79.6 Å². The summed E-state index contributed by atoms with van der Waals surface area (Å²) in [5.41, 5.74) is 2.63. The minimum absolute atomic E-state index is 0.202. The van der Waals surface area contributed by atoms with Gasteiger partial charge in [0.1, 0.15) is 11.3 Å². The van der Waals surface area contributed by atoms with Crippen molar-refractivity contribution in [3.63, 3.8) is 0 Å². The molecule has 3 aromatic rings. The van der Waals surface area contributed by atoms with Gasteiger partial charge in [-0.2, -0.15) is 11.3 Å². The molecule has 0 saturated heterocycles. The number of hydrogen-bond donors (Lipinski definition) is 0. The quantitative estimate of drug-likeness (QED) is 0.454. The van der Waals surface area contributed by atoms with Gasteiger partial charge in [0.2, 0.25) is 0 Å². The Morgan fingerprint density at radius 1 is 1.09 bits per heavy atom. The Morgan fingerprint density at radius 3 is 2.65 bits per heavy atom. The van der Waals surface area contributed by atoms with Crippen molar-refractivity contribution < 1.29 is 23.4 Å². The average Bonchev–Trinajstić information content (AvgIpc) is 3.26. The lowest BCUT2D eigenvalue weighted by molar-refractivity contribution is 0.0593. The van der Waals surface area contributed by atoms with Crippen LogP contribution in [0.25, 0.3) is 0 Å². The molecule has 3 heterocycles. The van der Waals surface area contributed by atoms with E-state index < -0.39 is 11.8 Å². The van der Waals surface area contributed by atoms with E-state index in [4.69, 9.17) is 14.2 Å². The van der Waals surface area contributed by atoms with E-state index in [-0.39, 0.29) is 17.1 Å². The third-order valence-electron chi connectivity index (χ3n) is 5.93. The van der Waals surface area contributed by atoms with Gasteiger partial charge >= 0.3 is 5.97 Å². The lowest BCUT2D eigenvalue weighted by Gasteiger charge is -2.19. The third kappa shape index (κ3) is 5.31. The van der Waals surface area contributed by atoms with E-state index in [1.54, 1.807) is 22.0 Å². The Balaban J connectivity index is 1.54. The van der Waals surface area contributed by atoms with Crippen LogP contribution in [0, 0.1) is 5.82 Å². The molecular weight excluding hydrogens is 459 g/mol. The van der Waals surface area contributed by atoms with Gasteiger partial charge in [-0.15, -0.1) is 0 Å². The smallest absolute Gasteiger partial charge is 0.343 e. The molecule has 0 aliphatic carbocycles. The number of methoxy groups -OCH3 is 2. The second kappa shape index (κ2) is 10.8. The number of esters is 1. The largest absolute Gasteiger partial charge is 0.494 e. The van der Waals surface area contributed by atoms with E-state index in [1.807, 2.05) is 22.9 Å². The predicted molar refractivity (Wildman–Crippen MR) is 127 cm³/mol. The Morgan fingerprint density at radius 2 is 1.94 bits per heavy atom. The number of ether oxygens (including phenoxy) is 3. The highest BCUT2D eigenvalue weighted by Gasteiger charge is 2.26. The molecule has 180 valence electrons. The van der Waals surface area contributed by atoms with Crippen LogP contribution in [-0.2, 0) is 30.7 Å². The lowest BCUT2D eigenvalue weighted by Crippen LogP contribution is -2.29. The first-order valence-corrected chi connectivity index (χ1v) is 12.0. The number of halogens is 1. The van der Waals surface area contributed by atoms with Crippen molar-refractivity contribution in [1.29, 1.82) is 0 Å². The number of fused-ring (bicyclic) bond motifs is 1. The van der Waals surface area contributed by atoms with Crippen molar-refractivity contribution in [2.24, 2.45) is 0 Å². The summed E-state index contributed by atoms with van der Waals surface area (Å²) in [5.74, 6) is -0.483. The highest BCUT2D eigenvalue weighted by Crippen LogP contribution is 2.25. The molecule has 34 heavy (non-hydrogen) atoms. The Kier molecular flexibility index (Phi) is 7.64. The first-order valence-electron chi connectivity index (χ1n) is 11.0. The molecular formula is C25H27FN2O5S. The van der Waals surface area contributed by atoms with Crippen LogP contribution in [0.5, 0.6) is 11.5 Å². The van der Waals surface area contributed by atoms with Gasteiger partial charge in [-0.05, 0) is 40.1 Å². The number of hydrogen-bond acceptors (Lipinski definition) is 7. The zero-order chi connectivity index (χ0) is 24.1. The molecule has 0 spiro atoms. The summed E-state index contributed by atoms with van der Waals surface area (Å²) in [7, 11) is 2.75. The Hall–Kier alpha value is -3.17. The lowest BCUT2D eigenvalue weighted by atomic mass is 10.1. The van der Waals surface area contributed by atoms with Gasteiger partial charge < -0.3 is 18.8 Å². The molecule has 1 aliphatic rings. The molecule has 0 bridgehead atoms. The second-order valence-electron chi connectivity index (χ2n) is 8.04. The molecule has 0 saturated carbocycles. The fourth-order valence-electron chi connectivity index (χ4n) is 4.17. The topological polar surface area (TPSA) is 70.0 Å². The van der Waals surface area contributed by atoms with E-state index in [0.717, 1.165) is 11.1 Å². The summed E-state index contributed by atoms with van der Waals surface area (Å²) in [5, 5.41) is 4.04. The normalized spacial score (nSPS) is 13.7. The van der Waals surface area contributed by atoms with E-state index in [0.29, 0.717) is 56.9 Å². The standard InChI is InChI=1S/C25H27FN2O5S/c1-31-21-4-3-18(13-19(21)26)15-27-8-5-20-24(25(30)32-2)22(14-23(29)28(20)10-9-27)33-11-6-17-7-12-34-16-17/h3-4,7,12-14,16H,5-6,8-11,15H2,1-2H3. The highest BCUT2D eigenvalue weighted by atomic mass is 32.1. The Labute approximate surface area is 201 Å². The van der Waals surface area contributed by atoms with Crippen molar-refractivity contribution in [1.82, 2.24) is 9.47 Å². The third-order valence-corrected chi connectivity index (χ3v) is 6.66. The van der Waals surface area contributed by atoms with Crippen LogP contribution in [0.1, 0.15) is 27.2 Å². The SMILES string of the molecule is COC(=O)c1c(OCCc2ccsc2)cc(=O)n2c1CCN(Cc1ccc(OC)c(F)c1)CC2. The molecule has 9 heteroatoms. The van der Waals surface area contributed by atoms with E-state index in [1.165, 1.54) is 26.4 Å². The number of thiophene rings is 1. The van der Waals surface area contributed by atoms with Gasteiger partial charge in [0.05, 0.1) is 20.8 Å². The van der Waals surface area contributed by atoms with Gasteiger partial charge in [0, 0.05) is 50.8 Å². The first kappa shape index (κ1) is 24.0. The molecule has 2 aromatic heterocycles. The van der Waals surface area contributed by atoms with Gasteiger partial charge in [-0.1, -0.05) is 6.07 Å². The highest BCUT2D eigenvalue weighted by molar-refractivity contribution is 7.07. The molecule has 4 rings (SSSR count). The zero-order valence-electron chi connectivity index (χ0n) is 19.2. The van der Waals surface area contributed by atoms with Gasteiger partial charge in [0.15, 0.2) is 11.6 Å². The minimum atomic E-state index is -0.528. The summed E-state index contributed by atoms with van der Waals surface area (Å²) in [4.78, 5) is 27.8. The Bertz CT molecular complexity index is 1210. The monoisotopic (exact) mass is 486 g/mol. The fraction of sp³-hybridized carbons (Fsp3) is 0.360. The average molecular weight is 487 g/mol. The molecule has 0 amide bonds. The zero-order valence-corrected chi connectivity index (χ0v) is 20.0. The van der Waals surface area contributed by atoms with Crippen LogP contribution in [0.3, 0.4) is 0 Å². The molecule has 1 aromatic carbocycles. The molecule has 0 radical (unpaired) electrons. The predicted octanol–water partition coefficient (Wildman–Crippen LogP) is 3.52. The first-order chi connectivity index (χ1) is 16.5. The van der Waals surface area contributed by atoms with Crippen molar-refractivity contribution in [3.8, 4) is 11.5 Å². The summed E-state index contributed by atoms with van der Waals surface area (Å²) in [6.45, 7) is 2.45. The summed E-state index contributed by atoms with van der Waals surface area (Å²) in [6, 6.07) is 8.28. The number of pyridine rings is 1. The number of rotatable bonds is 8. The maximum Gasteiger partial charge on any atom is 0.343 e. The van der Waals surface area contributed by atoms with Crippen LogP contribution in [0.15, 0.2) is 45.9 Å². The van der Waals surface area contributed by atoms with Crippen molar-refractivity contribution in [2.75, 3.05) is 33.9 Å². The van der Waals surface area contributed by atoms with E-state index >= 15 is 0 Å². The molecule has 0 atom stereocenters. The van der Waals surface area contributed by atoms with Crippen molar-refractivity contribution in [2.45, 2.75) is 25.9 Å². The number of nitrogens with zero attached hydrogens (tertiary/aromatic N) is 2. The van der Waals surface area contributed by atoms with Gasteiger partial charge in [0.25, 0.3) is 5.56 Å². The minimum Gasteiger partial charge on any atom is -0.494 e. The number of carbonyl (C=O) groups excluding carboxylic acids is 1. The van der Waals surface area contributed by atoms with Crippen LogP contribution in [0.2, 0.25) is 0 Å². The van der Waals surface area contributed by atoms with E-state index in [9.17, 15) is 14.0 Å². The van der Waals surface area contributed by atoms with Crippen LogP contribution < -0.4 is 15.0 Å². The molecule has 0 N–H and O–H groups in total. The van der Waals surface area contributed by atoms with Crippen LogP contribution in [0.4, 0.5) is 4.39 Å². The number of benzene rings is 1. The maximum atomic E-state index is 14.1. The molecule has 1 aliphatic heterocycles. The van der Waals surface area contributed by atoms with Crippen LogP contribution >= 0.6 is 11.3 Å². The van der Waals surface area contributed by atoms with Crippen LogP contribution in [-0.4, -0.2) is 49.4 Å². The van der Waals surface area contributed by atoms with Crippen molar-refractivity contribution >= 4 is 17.3 Å². The molecule has 7 nitrogen and oxygen atoms in total. The van der Waals surface area contributed by atoms with E-state index in [2.05, 4.69) is 4.90 Å². The summed E-state index contributed by atoms with van der Waals surface area (Å²) < 4.78 is 31.7. The molecule has 0 unspecified atom stereocenters. The summed E-state index contributed by atoms with van der Waals surface area (Å²) in [6.07, 6.45) is 1.13. The molecule has 0 fully saturated rings. The summed E-state index contributed by atoms with van der Waals surface area (Å²) >= 11 is 1.61. The maximum absolute atomic E-state index is 14.1. The van der Waals surface area contributed by atoms with Gasteiger partial charge in [-0.3, -0.25) is 9.69 Å². The number of aromatic nitrogens is 1. The second-order valence-corrected chi connectivity index (χ2v) is 8.82. The fourth-order valence-corrected chi connectivity index (χ4v) is 4.87. The van der Waals surface area contributed by atoms with Gasteiger partial charge in [-0.25, -0.2) is 9.18 Å².